The molecule has 7 nitrogen and oxygen atoms in total. The highest BCUT2D eigenvalue weighted by Gasteiger charge is 2.17. The number of thioether (sulfide) groups is 1. The maximum Gasteiger partial charge on any atom is 0.319 e. The molecule has 0 heterocycles. The van der Waals surface area contributed by atoms with Crippen molar-refractivity contribution in [3.05, 3.63) is 126 Å². The Labute approximate surface area is 225 Å². The maximum absolute atomic E-state index is 12.9. The predicted molar refractivity (Wildman–Crippen MR) is 150 cm³/mol. The highest BCUT2D eigenvalue weighted by atomic mass is 32.2. The number of carbonyl (C=O) groups excluding carboxylic acids is 2. The van der Waals surface area contributed by atoms with Gasteiger partial charge in [0.1, 0.15) is 0 Å². The normalized spacial score (nSPS) is 11.3. The van der Waals surface area contributed by atoms with Gasteiger partial charge in [0.25, 0.3) is 5.91 Å². The number of rotatable bonds is 10. The standard InChI is InChI=1S/C30H27N3O4S/c34-28(35)19-27(22-11-5-2-6-12-22)38-26-16-8-15-25(18-26)32-29(36)23-13-7-14-24(17-23)33-30(37)31-20-21-9-3-1-4-10-21/h1-18,27H,19-20H2,(H,32,36)(H,34,35)(H2,31,33,37). The van der Waals surface area contributed by atoms with E-state index in [4.69, 9.17) is 0 Å². The molecule has 0 aromatic heterocycles. The lowest BCUT2D eigenvalue weighted by Gasteiger charge is -2.16. The fourth-order valence-corrected chi connectivity index (χ4v) is 4.96. The molecule has 4 N–H and O–H groups in total. The summed E-state index contributed by atoms with van der Waals surface area (Å²) < 4.78 is 0. The zero-order chi connectivity index (χ0) is 26.7. The summed E-state index contributed by atoms with van der Waals surface area (Å²) >= 11 is 1.43. The van der Waals surface area contributed by atoms with Gasteiger partial charge in [-0.25, -0.2) is 4.79 Å². The molecule has 4 aromatic carbocycles. The summed E-state index contributed by atoms with van der Waals surface area (Å²) in [7, 11) is 0. The van der Waals surface area contributed by atoms with Crippen molar-refractivity contribution >= 4 is 41.0 Å². The van der Waals surface area contributed by atoms with Gasteiger partial charge in [0.2, 0.25) is 0 Å². The number of carbonyl (C=O) groups is 3. The summed E-state index contributed by atoms with van der Waals surface area (Å²) in [5, 5.41) is 17.5. The lowest BCUT2D eigenvalue weighted by molar-refractivity contribution is -0.137. The fraction of sp³-hybridized carbons (Fsp3) is 0.100. The van der Waals surface area contributed by atoms with E-state index >= 15 is 0 Å². The molecule has 4 aromatic rings. The molecule has 0 fully saturated rings. The molecule has 4 rings (SSSR count). The van der Waals surface area contributed by atoms with Gasteiger partial charge in [-0.1, -0.05) is 72.8 Å². The molecule has 0 saturated heterocycles. The number of hydrogen-bond donors (Lipinski definition) is 4. The van der Waals surface area contributed by atoms with Gasteiger partial charge in [0, 0.05) is 33.6 Å². The second-order valence-electron chi connectivity index (χ2n) is 8.47. The van der Waals surface area contributed by atoms with E-state index in [1.165, 1.54) is 11.8 Å². The topological polar surface area (TPSA) is 108 Å². The van der Waals surface area contributed by atoms with E-state index in [-0.39, 0.29) is 23.6 Å². The average Bonchev–Trinajstić information content (AvgIpc) is 2.93. The Morgan fingerprint density at radius 1 is 0.737 bits per heavy atom. The van der Waals surface area contributed by atoms with E-state index in [0.29, 0.717) is 23.5 Å². The second kappa shape index (κ2) is 13.1. The first-order chi connectivity index (χ1) is 18.5. The molecule has 3 amide bonds. The van der Waals surface area contributed by atoms with Crippen LogP contribution in [-0.2, 0) is 11.3 Å². The van der Waals surface area contributed by atoms with Crippen LogP contribution >= 0.6 is 11.8 Å². The highest BCUT2D eigenvalue weighted by molar-refractivity contribution is 7.99. The van der Waals surface area contributed by atoms with Crippen molar-refractivity contribution in [2.75, 3.05) is 10.6 Å². The van der Waals surface area contributed by atoms with E-state index in [0.717, 1.165) is 16.0 Å². The third kappa shape index (κ3) is 7.97. The molecular weight excluding hydrogens is 498 g/mol. The van der Waals surface area contributed by atoms with Gasteiger partial charge < -0.3 is 21.1 Å². The minimum atomic E-state index is -0.877. The van der Waals surface area contributed by atoms with Crippen molar-refractivity contribution in [3.63, 3.8) is 0 Å². The van der Waals surface area contributed by atoms with Crippen LogP contribution in [0, 0.1) is 0 Å². The zero-order valence-corrected chi connectivity index (χ0v) is 21.3. The monoisotopic (exact) mass is 525 g/mol. The smallest absolute Gasteiger partial charge is 0.319 e. The van der Waals surface area contributed by atoms with Crippen molar-refractivity contribution in [3.8, 4) is 0 Å². The largest absolute Gasteiger partial charge is 0.481 e. The molecule has 0 aliphatic carbocycles. The van der Waals surface area contributed by atoms with Gasteiger partial charge in [-0.2, -0.15) is 0 Å². The first-order valence-electron chi connectivity index (χ1n) is 12.0. The van der Waals surface area contributed by atoms with Crippen LogP contribution in [0.2, 0.25) is 0 Å². The van der Waals surface area contributed by atoms with Crippen LogP contribution in [0.15, 0.2) is 114 Å². The Kier molecular flexibility index (Phi) is 9.15. The van der Waals surface area contributed by atoms with Crippen LogP contribution in [-0.4, -0.2) is 23.0 Å². The van der Waals surface area contributed by atoms with Crippen LogP contribution in [0.5, 0.6) is 0 Å². The summed E-state index contributed by atoms with van der Waals surface area (Å²) in [6, 6.07) is 32.7. The van der Waals surface area contributed by atoms with Gasteiger partial charge >= 0.3 is 12.0 Å². The number of urea groups is 1. The third-order valence-electron chi connectivity index (χ3n) is 5.58. The molecule has 38 heavy (non-hydrogen) atoms. The van der Waals surface area contributed by atoms with Gasteiger partial charge in [-0.15, -0.1) is 11.8 Å². The van der Waals surface area contributed by atoms with Gasteiger partial charge in [0.15, 0.2) is 0 Å². The molecule has 0 aliphatic heterocycles. The summed E-state index contributed by atoms with van der Waals surface area (Å²) in [6.45, 7) is 0.388. The molecule has 8 heteroatoms. The fourth-order valence-electron chi connectivity index (χ4n) is 3.76. The van der Waals surface area contributed by atoms with E-state index in [1.54, 1.807) is 30.3 Å². The third-order valence-corrected chi connectivity index (χ3v) is 6.83. The van der Waals surface area contributed by atoms with Crippen LogP contribution < -0.4 is 16.0 Å². The maximum atomic E-state index is 12.9. The Bertz CT molecular complexity index is 1400. The van der Waals surface area contributed by atoms with Crippen molar-refractivity contribution in [2.45, 2.75) is 23.1 Å². The second-order valence-corrected chi connectivity index (χ2v) is 9.75. The molecule has 192 valence electrons. The molecular formula is C30H27N3O4S. The molecule has 0 aliphatic rings. The van der Waals surface area contributed by atoms with Crippen LogP contribution in [0.3, 0.4) is 0 Å². The first kappa shape index (κ1) is 26.5. The number of carboxylic acids is 1. The molecule has 0 saturated carbocycles. The van der Waals surface area contributed by atoms with Crippen molar-refractivity contribution in [2.24, 2.45) is 0 Å². The number of benzene rings is 4. The van der Waals surface area contributed by atoms with E-state index < -0.39 is 5.97 Å². The molecule has 0 spiro atoms. The predicted octanol–water partition coefficient (Wildman–Crippen LogP) is 6.57. The van der Waals surface area contributed by atoms with Gasteiger partial charge in [-0.3, -0.25) is 9.59 Å². The Balaban J connectivity index is 1.38. The molecule has 0 bridgehead atoms. The summed E-state index contributed by atoms with van der Waals surface area (Å²) in [4.78, 5) is 37.5. The summed E-state index contributed by atoms with van der Waals surface area (Å²) in [5.41, 5.74) is 3.37. The average molecular weight is 526 g/mol. The molecule has 1 unspecified atom stereocenters. The minimum absolute atomic E-state index is 0.0238. The summed E-state index contributed by atoms with van der Waals surface area (Å²) in [5.74, 6) is -1.20. The lowest BCUT2D eigenvalue weighted by atomic mass is 10.1. The van der Waals surface area contributed by atoms with E-state index in [2.05, 4.69) is 16.0 Å². The Hall–Kier alpha value is -4.56. The highest BCUT2D eigenvalue weighted by Crippen LogP contribution is 2.38. The number of nitrogens with one attached hydrogen (secondary N) is 3. The Morgan fingerprint density at radius 2 is 1.39 bits per heavy atom. The van der Waals surface area contributed by atoms with E-state index in [9.17, 15) is 19.5 Å². The number of carboxylic acid groups (broad SMARTS) is 1. The summed E-state index contributed by atoms with van der Waals surface area (Å²) in [6.07, 6.45) is -0.0238. The molecule has 1 atom stereocenters. The van der Waals surface area contributed by atoms with Crippen LogP contribution in [0.4, 0.5) is 16.2 Å². The Morgan fingerprint density at radius 3 is 2.11 bits per heavy atom. The van der Waals surface area contributed by atoms with Crippen LogP contribution in [0.25, 0.3) is 0 Å². The minimum Gasteiger partial charge on any atom is -0.481 e. The van der Waals surface area contributed by atoms with Gasteiger partial charge in [0.05, 0.1) is 6.42 Å². The van der Waals surface area contributed by atoms with E-state index in [1.807, 2.05) is 78.9 Å². The number of aliphatic carboxylic acids is 1. The first-order valence-corrected chi connectivity index (χ1v) is 12.9. The quantitative estimate of drug-likeness (QED) is 0.175. The lowest BCUT2D eigenvalue weighted by Crippen LogP contribution is -2.28. The van der Waals surface area contributed by atoms with Crippen LogP contribution in [0.1, 0.15) is 33.2 Å². The number of amides is 3. The van der Waals surface area contributed by atoms with Crippen molar-refractivity contribution in [1.82, 2.24) is 5.32 Å². The van der Waals surface area contributed by atoms with Gasteiger partial charge in [-0.05, 0) is 47.5 Å². The number of hydrogen-bond acceptors (Lipinski definition) is 4. The zero-order valence-electron chi connectivity index (χ0n) is 20.5. The molecule has 0 radical (unpaired) electrons. The van der Waals surface area contributed by atoms with Crippen molar-refractivity contribution in [1.29, 1.82) is 0 Å². The SMILES string of the molecule is O=C(O)CC(Sc1cccc(NC(=O)c2cccc(NC(=O)NCc3ccccc3)c2)c1)c1ccccc1. The number of anilines is 2. The van der Waals surface area contributed by atoms with Crippen molar-refractivity contribution < 1.29 is 19.5 Å².